The van der Waals surface area contributed by atoms with E-state index in [0.29, 0.717) is 18.1 Å². The van der Waals surface area contributed by atoms with E-state index in [9.17, 15) is 9.90 Å². The second-order valence-electron chi connectivity index (χ2n) is 7.56. The van der Waals surface area contributed by atoms with Gasteiger partial charge in [-0.3, -0.25) is 4.79 Å². The smallest absolute Gasteiger partial charge is 0.270 e. The zero-order valence-electron chi connectivity index (χ0n) is 16.6. The lowest BCUT2D eigenvalue weighted by Crippen LogP contribution is -2.47. The zero-order chi connectivity index (χ0) is 20.5. The summed E-state index contributed by atoms with van der Waals surface area (Å²) in [4.78, 5) is 26.5. The first-order valence-electron chi connectivity index (χ1n) is 10.2. The predicted octanol–water partition coefficient (Wildman–Crippen LogP) is 2.46. The van der Waals surface area contributed by atoms with E-state index in [1.54, 1.807) is 12.1 Å². The van der Waals surface area contributed by atoms with E-state index in [1.807, 2.05) is 42.5 Å². The monoisotopic (exact) mass is 401 g/mol. The number of hydrogen-bond acceptors (Lipinski definition) is 6. The molecule has 0 saturated carbocycles. The highest BCUT2D eigenvalue weighted by atomic mass is 16.3. The number of fused-ring (bicyclic) bond motifs is 1. The van der Waals surface area contributed by atoms with Crippen LogP contribution in [-0.2, 0) is 6.42 Å². The van der Waals surface area contributed by atoms with Gasteiger partial charge in [0.05, 0.1) is 0 Å². The minimum absolute atomic E-state index is 0.129. The molecule has 5 rings (SSSR count). The highest BCUT2D eigenvalue weighted by Gasteiger charge is 2.28. The Labute approximate surface area is 175 Å². The first-order chi connectivity index (χ1) is 14.7. The molecule has 2 aliphatic heterocycles. The van der Waals surface area contributed by atoms with Crippen molar-refractivity contribution >= 4 is 17.4 Å². The number of aromatic nitrogens is 2. The normalized spacial score (nSPS) is 16.2. The fourth-order valence-corrected chi connectivity index (χ4v) is 4.12. The first kappa shape index (κ1) is 18.4. The molecule has 1 aromatic heterocycles. The van der Waals surface area contributed by atoms with Crippen LogP contribution in [0.5, 0.6) is 5.75 Å². The van der Waals surface area contributed by atoms with Gasteiger partial charge < -0.3 is 20.2 Å². The molecular formula is C23H23N5O2. The van der Waals surface area contributed by atoms with E-state index in [4.69, 9.17) is 4.98 Å². The highest BCUT2D eigenvalue weighted by molar-refractivity contribution is 5.96. The van der Waals surface area contributed by atoms with Crippen molar-refractivity contribution in [2.24, 2.45) is 0 Å². The molecule has 1 saturated heterocycles. The van der Waals surface area contributed by atoms with Gasteiger partial charge in [-0.2, -0.15) is 0 Å². The number of anilines is 2. The number of phenolic OH excluding ortho intramolecular Hbond substituents is 1. The SMILES string of the molecule is O=C1NCCc2c1nc(-c1ccccc1)nc2N1CCN(c2cccc(O)c2)CC1. The Morgan fingerprint density at radius 2 is 1.67 bits per heavy atom. The molecule has 152 valence electrons. The van der Waals surface area contributed by atoms with Gasteiger partial charge in [-0.25, -0.2) is 9.97 Å². The van der Waals surface area contributed by atoms with Crippen LogP contribution in [0.15, 0.2) is 54.6 Å². The Morgan fingerprint density at radius 3 is 2.43 bits per heavy atom. The van der Waals surface area contributed by atoms with Gasteiger partial charge >= 0.3 is 0 Å². The van der Waals surface area contributed by atoms with Gasteiger partial charge in [0.15, 0.2) is 5.82 Å². The minimum Gasteiger partial charge on any atom is -0.508 e. The average Bonchev–Trinajstić information content (AvgIpc) is 2.79. The van der Waals surface area contributed by atoms with E-state index < -0.39 is 0 Å². The Hall–Kier alpha value is -3.61. The number of hydrogen-bond donors (Lipinski definition) is 2. The van der Waals surface area contributed by atoms with Crippen LogP contribution >= 0.6 is 0 Å². The van der Waals surface area contributed by atoms with Crippen molar-refractivity contribution in [1.29, 1.82) is 0 Å². The molecule has 2 aliphatic rings. The number of rotatable bonds is 3. The van der Waals surface area contributed by atoms with Gasteiger partial charge in [-0.15, -0.1) is 0 Å². The summed E-state index contributed by atoms with van der Waals surface area (Å²) in [5.41, 5.74) is 3.34. The maximum Gasteiger partial charge on any atom is 0.270 e. The summed E-state index contributed by atoms with van der Waals surface area (Å²) < 4.78 is 0. The molecule has 1 fully saturated rings. The van der Waals surface area contributed by atoms with E-state index in [1.165, 1.54) is 0 Å². The Morgan fingerprint density at radius 1 is 0.900 bits per heavy atom. The van der Waals surface area contributed by atoms with Crippen molar-refractivity contribution in [3.63, 3.8) is 0 Å². The topological polar surface area (TPSA) is 81.6 Å². The maximum absolute atomic E-state index is 12.5. The van der Waals surface area contributed by atoms with E-state index in [0.717, 1.165) is 55.2 Å². The Kier molecular flexibility index (Phi) is 4.71. The molecule has 3 aromatic rings. The van der Waals surface area contributed by atoms with Gasteiger partial charge in [0, 0.05) is 55.6 Å². The number of nitrogens with zero attached hydrogens (tertiary/aromatic N) is 4. The summed E-state index contributed by atoms with van der Waals surface area (Å²) in [6.45, 7) is 3.81. The van der Waals surface area contributed by atoms with Crippen LogP contribution in [0.1, 0.15) is 16.1 Å². The molecule has 1 amide bonds. The van der Waals surface area contributed by atoms with Crippen LogP contribution < -0.4 is 15.1 Å². The lowest BCUT2D eigenvalue weighted by atomic mass is 10.0. The van der Waals surface area contributed by atoms with E-state index in [-0.39, 0.29) is 11.7 Å². The van der Waals surface area contributed by atoms with Crippen LogP contribution in [0.25, 0.3) is 11.4 Å². The first-order valence-corrected chi connectivity index (χ1v) is 10.2. The molecule has 7 nitrogen and oxygen atoms in total. The summed E-state index contributed by atoms with van der Waals surface area (Å²) in [6, 6.07) is 17.1. The molecule has 30 heavy (non-hydrogen) atoms. The fraction of sp³-hybridized carbons (Fsp3) is 0.261. The van der Waals surface area contributed by atoms with Gasteiger partial charge in [-0.1, -0.05) is 36.4 Å². The van der Waals surface area contributed by atoms with Gasteiger partial charge in [-0.05, 0) is 18.6 Å². The van der Waals surface area contributed by atoms with Gasteiger partial charge in [0.25, 0.3) is 5.91 Å². The van der Waals surface area contributed by atoms with Crippen molar-refractivity contribution in [3.8, 4) is 17.1 Å². The van der Waals surface area contributed by atoms with Gasteiger partial charge in [0.1, 0.15) is 17.3 Å². The third kappa shape index (κ3) is 3.43. The number of phenols is 1. The van der Waals surface area contributed by atoms with E-state index in [2.05, 4.69) is 20.1 Å². The molecule has 0 spiro atoms. The van der Waals surface area contributed by atoms with Crippen LogP contribution in [0.2, 0.25) is 0 Å². The molecule has 3 heterocycles. The summed E-state index contributed by atoms with van der Waals surface area (Å²) in [6.07, 6.45) is 0.734. The maximum atomic E-state index is 12.5. The quantitative estimate of drug-likeness (QED) is 0.702. The van der Waals surface area contributed by atoms with Crippen LogP contribution in [-0.4, -0.2) is 53.7 Å². The number of nitrogens with one attached hydrogen (secondary N) is 1. The van der Waals surface area contributed by atoms with E-state index >= 15 is 0 Å². The summed E-state index contributed by atoms with van der Waals surface area (Å²) in [5.74, 6) is 1.59. The Balaban J connectivity index is 1.47. The van der Waals surface area contributed by atoms with Crippen molar-refractivity contribution in [1.82, 2.24) is 15.3 Å². The molecule has 7 heteroatoms. The van der Waals surface area contributed by atoms with Crippen LogP contribution in [0, 0.1) is 0 Å². The van der Waals surface area contributed by atoms with Crippen molar-refractivity contribution < 1.29 is 9.90 Å². The summed E-state index contributed by atoms with van der Waals surface area (Å²) >= 11 is 0. The molecule has 0 radical (unpaired) electrons. The minimum atomic E-state index is -0.129. The largest absolute Gasteiger partial charge is 0.508 e. The summed E-state index contributed by atoms with van der Waals surface area (Å²) in [5, 5.41) is 12.7. The third-order valence-corrected chi connectivity index (χ3v) is 5.67. The van der Waals surface area contributed by atoms with Crippen molar-refractivity contribution in [2.45, 2.75) is 6.42 Å². The number of amides is 1. The highest BCUT2D eigenvalue weighted by Crippen LogP contribution is 2.29. The standard InChI is InChI=1S/C23H23N5O2/c29-18-8-4-7-17(15-18)27-11-13-28(14-12-27)22-19-9-10-24-23(30)20(19)25-21(26-22)16-5-2-1-3-6-16/h1-8,15,29H,9-14H2,(H,24,30). The molecule has 0 unspecified atom stereocenters. The van der Waals surface area contributed by atoms with Crippen molar-refractivity contribution in [3.05, 3.63) is 65.9 Å². The molecule has 0 atom stereocenters. The third-order valence-electron chi connectivity index (χ3n) is 5.67. The molecule has 2 aromatic carbocycles. The number of piperazine rings is 1. The second-order valence-corrected chi connectivity index (χ2v) is 7.56. The number of carbonyl (C=O) groups is 1. The number of carbonyl (C=O) groups excluding carboxylic acids is 1. The molecule has 0 bridgehead atoms. The fourth-order valence-electron chi connectivity index (χ4n) is 4.12. The number of benzene rings is 2. The molecular weight excluding hydrogens is 378 g/mol. The second kappa shape index (κ2) is 7.67. The number of aromatic hydroxyl groups is 1. The van der Waals surface area contributed by atoms with Crippen molar-refractivity contribution in [2.75, 3.05) is 42.5 Å². The lowest BCUT2D eigenvalue weighted by Gasteiger charge is -2.38. The molecule has 2 N–H and O–H groups in total. The average molecular weight is 401 g/mol. The van der Waals surface area contributed by atoms with Gasteiger partial charge in [0.2, 0.25) is 0 Å². The lowest BCUT2D eigenvalue weighted by molar-refractivity contribution is 0.0940. The predicted molar refractivity (Wildman–Crippen MR) is 116 cm³/mol. The Bertz CT molecular complexity index is 1080. The van der Waals surface area contributed by atoms with Crippen LogP contribution in [0.4, 0.5) is 11.5 Å². The van der Waals surface area contributed by atoms with Crippen LogP contribution in [0.3, 0.4) is 0 Å². The molecule has 0 aliphatic carbocycles. The zero-order valence-corrected chi connectivity index (χ0v) is 16.6. The summed E-state index contributed by atoms with van der Waals surface area (Å²) in [7, 11) is 0.